The number of aliphatic hydroxyl groups is 1. The molecule has 2 aromatic rings. The fraction of sp³-hybridized carbons (Fsp3) is 0.294. The Morgan fingerprint density at radius 3 is 2.70 bits per heavy atom. The summed E-state index contributed by atoms with van der Waals surface area (Å²) < 4.78 is 6.07. The van der Waals surface area contributed by atoms with Crippen LogP contribution in [0.3, 0.4) is 0 Å². The van der Waals surface area contributed by atoms with E-state index in [1.54, 1.807) is 0 Å². The van der Waals surface area contributed by atoms with Crippen molar-refractivity contribution in [2.75, 3.05) is 13.1 Å². The van der Waals surface area contributed by atoms with Crippen molar-refractivity contribution < 1.29 is 9.84 Å². The molecule has 2 atom stereocenters. The van der Waals surface area contributed by atoms with Crippen LogP contribution in [0.5, 0.6) is 11.5 Å². The van der Waals surface area contributed by atoms with Crippen LogP contribution in [0.1, 0.15) is 23.5 Å². The minimum Gasteiger partial charge on any atom is -0.457 e. The van der Waals surface area contributed by atoms with Gasteiger partial charge in [-0.25, -0.2) is 0 Å². The average Bonchev–Trinajstić information content (AvgIpc) is 2.59. The molecule has 0 unspecified atom stereocenters. The Balaban J connectivity index is 1.99. The third kappa shape index (κ3) is 1.60. The molecule has 0 spiro atoms. The molecule has 3 nitrogen and oxygen atoms in total. The highest BCUT2D eigenvalue weighted by atomic mass is 16.5. The van der Waals surface area contributed by atoms with E-state index in [2.05, 4.69) is 11.4 Å². The van der Waals surface area contributed by atoms with Crippen LogP contribution in [0.2, 0.25) is 0 Å². The van der Waals surface area contributed by atoms with Crippen LogP contribution in [0, 0.1) is 0 Å². The van der Waals surface area contributed by atoms with E-state index in [0.717, 1.165) is 35.7 Å². The maximum absolute atomic E-state index is 11.3. The van der Waals surface area contributed by atoms with Crippen molar-refractivity contribution in [3.63, 3.8) is 0 Å². The van der Waals surface area contributed by atoms with Gasteiger partial charge in [-0.3, -0.25) is 0 Å². The summed E-state index contributed by atoms with van der Waals surface area (Å²) >= 11 is 0. The molecule has 0 bridgehead atoms. The van der Waals surface area contributed by atoms with E-state index >= 15 is 0 Å². The highest BCUT2D eigenvalue weighted by Crippen LogP contribution is 2.50. The van der Waals surface area contributed by atoms with Crippen LogP contribution in [0.4, 0.5) is 0 Å². The van der Waals surface area contributed by atoms with Gasteiger partial charge < -0.3 is 15.2 Å². The zero-order valence-electron chi connectivity index (χ0n) is 11.2. The quantitative estimate of drug-likeness (QED) is 0.771. The fourth-order valence-electron chi connectivity index (χ4n) is 3.45. The molecule has 2 aliphatic heterocycles. The van der Waals surface area contributed by atoms with E-state index in [-0.39, 0.29) is 5.92 Å². The molecule has 0 amide bonds. The lowest BCUT2D eigenvalue weighted by atomic mass is 9.73. The normalized spacial score (nSPS) is 27.6. The molecule has 0 aliphatic carbocycles. The predicted molar refractivity (Wildman–Crippen MR) is 77.1 cm³/mol. The van der Waals surface area contributed by atoms with Gasteiger partial charge in [0.15, 0.2) is 0 Å². The molecule has 0 aromatic heterocycles. The summed E-state index contributed by atoms with van der Waals surface area (Å²) in [6, 6.07) is 15.9. The van der Waals surface area contributed by atoms with Gasteiger partial charge in [0.05, 0.1) is 0 Å². The number of hydrogen-bond donors (Lipinski definition) is 2. The van der Waals surface area contributed by atoms with Crippen LogP contribution in [0.25, 0.3) is 0 Å². The number of benzene rings is 2. The van der Waals surface area contributed by atoms with Gasteiger partial charge >= 0.3 is 0 Å². The highest BCUT2D eigenvalue weighted by molar-refractivity contribution is 5.51. The van der Waals surface area contributed by atoms with Crippen LogP contribution in [-0.2, 0) is 5.60 Å². The number of hydrogen-bond acceptors (Lipinski definition) is 3. The maximum Gasteiger partial charge on any atom is 0.133 e. The molecule has 2 N–H and O–H groups in total. The first-order valence-electron chi connectivity index (χ1n) is 7.08. The molecule has 1 fully saturated rings. The second-order valence-electron chi connectivity index (χ2n) is 5.57. The van der Waals surface area contributed by atoms with Gasteiger partial charge in [0.25, 0.3) is 0 Å². The summed E-state index contributed by atoms with van der Waals surface area (Å²) in [5.74, 6) is 1.65. The second-order valence-corrected chi connectivity index (χ2v) is 5.57. The molecule has 1 saturated heterocycles. The van der Waals surface area contributed by atoms with Gasteiger partial charge in [-0.05, 0) is 25.1 Å². The SMILES string of the molecule is O[C@]12CCNC[C@H]1c1ccccc1Oc1ccccc12. The van der Waals surface area contributed by atoms with E-state index in [9.17, 15) is 5.11 Å². The molecular formula is C17H17NO2. The summed E-state index contributed by atoms with van der Waals surface area (Å²) in [5, 5.41) is 14.7. The van der Waals surface area contributed by atoms with Crippen molar-refractivity contribution in [2.45, 2.75) is 17.9 Å². The number of nitrogens with one attached hydrogen (secondary N) is 1. The third-order valence-electron chi connectivity index (χ3n) is 4.48. The summed E-state index contributed by atoms with van der Waals surface area (Å²) in [6.07, 6.45) is 0.701. The molecule has 0 saturated carbocycles. The Kier molecular flexibility index (Phi) is 2.59. The minimum atomic E-state index is -0.853. The first kappa shape index (κ1) is 11.9. The van der Waals surface area contributed by atoms with E-state index in [4.69, 9.17) is 4.74 Å². The van der Waals surface area contributed by atoms with Crippen LogP contribution in [0.15, 0.2) is 48.5 Å². The second kappa shape index (κ2) is 4.33. The Morgan fingerprint density at radius 1 is 1.05 bits per heavy atom. The fourth-order valence-corrected chi connectivity index (χ4v) is 3.45. The van der Waals surface area contributed by atoms with E-state index in [0.29, 0.717) is 6.42 Å². The van der Waals surface area contributed by atoms with Crippen molar-refractivity contribution in [1.82, 2.24) is 5.32 Å². The topological polar surface area (TPSA) is 41.5 Å². The zero-order chi connectivity index (χ0) is 13.6. The van der Waals surface area contributed by atoms with Crippen LogP contribution >= 0.6 is 0 Å². The third-order valence-corrected chi connectivity index (χ3v) is 4.48. The van der Waals surface area contributed by atoms with Crippen molar-refractivity contribution >= 4 is 0 Å². The van der Waals surface area contributed by atoms with Gasteiger partial charge in [0.2, 0.25) is 0 Å². The van der Waals surface area contributed by atoms with Crippen molar-refractivity contribution in [3.05, 3.63) is 59.7 Å². The summed E-state index contributed by atoms with van der Waals surface area (Å²) in [5.41, 5.74) is 1.13. The number of rotatable bonds is 0. The standard InChI is InChI=1S/C17H17NO2/c19-17-9-10-18-11-14(17)12-5-1-3-7-15(12)20-16-8-4-2-6-13(16)17/h1-8,14,18-19H,9-11H2/t14-,17-/m0/s1. The molecule has 4 rings (SSSR count). The lowest BCUT2D eigenvalue weighted by Gasteiger charge is -2.40. The monoisotopic (exact) mass is 267 g/mol. The van der Waals surface area contributed by atoms with E-state index in [1.807, 2.05) is 42.5 Å². The van der Waals surface area contributed by atoms with Gasteiger partial charge in [-0.1, -0.05) is 36.4 Å². The van der Waals surface area contributed by atoms with Crippen LogP contribution < -0.4 is 10.1 Å². The van der Waals surface area contributed by atoms with Gasteiger partial charge in [0.1, 0.15) is 17.1 Å². The molecule has 3 heteroatoms. The number of piperidine rings is 1. The smallest absolute Gasteiger partial charge is 0.133 e. The van der Waals surface area contributed by atoms with Crippen molar-refractivity contribution in [2.24, 2.45) is 0 Å². The van der Waals surface area contributed by atoms with Gasteiger partial charge in [-0.15, -0.1) is 0 Å². The zero-order valence-corrected chi connectivity index (χ0v) is 11.2. The predicted octanol–water partition coefficient (Wildman–Crippen LogP) is 2.76. The van der Waals surface area contributed by atoms with Gasteiger partial charge in [-0.2, -0.15) is 0 Å². The van der Waals surface area contributed by atoms with Gasteiger partial charge in [0, 0.05) is 23.6 Å². The summed E-state index contributed by atoms with van der Waals surface area (Å²) in [7, 11) is 0. The minimum absolute atomic E-state index is 0.0242. The molecule has 2 heterocycles. The average molecular weight is 267 g/mol. The first-order valence-corrected chi connectivity index (χ1v) is 7.08. The highest BCUT2D eigenvalue weighted by Gasteiger charge is 2.45. The summed E-state index contributed by atoms with van der Waals surface area (Å²) in [6.45, 7) is 1.59. The Labute approximate surface area is 118 Å². The lowest BCUT2D eigenvalue weighted by molar-refractivity contribution is -0.0146. The molecular weight excluding hydrogens is 250 g/mol. The van der Waals surface area contributed by atoms with E-state index < -0.39 is 5.60 Å². The number of fused-ring (bicyclic) bond motifs is 5. The molecule has 2 aliphatic rings. The Morgan fingerprint density at radius 2 is 1.80 bits per heavy atom. The summed E-state index contributed by atoms with van der Waals surface area (Å²) in [4.78, 5) is 0. The maximum atomic E-state index is 11.3. The Bertz CT molecular complexity index is 655. The molecule has 2 aromatic carbocycles. The molecule has 0 radical (unpaired) electrons. The van der Waals surface area contributed by atoms with Crippen LogP contribution in [-0.4, -0.2) is 18.2 Å². The van der Waals surface area contributed by atoms with Crippen molar-refractivity contribution in [1.29, 1.82) is 0 Å². The number of para-hydroxylation sites is 2. The number of ether oxygens (including phenoxy) is 1. The largest absolute Gasteiger partial charge is 0.457 e. The van der Waals surface area contributed by atoms with E-state index in [1.165, 1.54) is 0 Å². The molecule has 102 valence electrons. The molecule has 20 heavy (non-hydrogen) atoms. The lowest BCUT2D eigenvalue weighted by Crippen LogP contribution is -2.46. The Hall–Kier alpha value is -1.84. The van der Waals surface area contributed by atoms with Crippen molar-refractivity contribution in [3.8, 4) is 11.5 Å². The first-order chi connectivity index (χ1) is 9.79.